The Bertz CT molecular complexity index is 430. The lowest BCUT2D eigenvalue weighted by molar-refractivity contribution is 0.0940. The first-order valence-electron chi connectivity index (χ1n) is 5.97. The van der Waals surface area contributed by atoms with Crippen LogP contribution in [-0.2, 0) is 11.2 Å². The van der Waals surface area contributed by atoms with Crippen molar-refractivity contribution < 1.29 is 9.59 Å². The number of nitrogens with two attached hydrogens (primary N) is 2. The van der Waals surface area contributed by atoms with Gasteiger partial charge in [0.1, 0.15) is 0 Å². The summed E-state index contributed by atoms with van der Waals surface area (Å²) in [5.74, 6) is 0.00206. The highest BCUT2D eigenvalue weighted by Crippen LogP contribution is 2.12. The topological polar surface area (TPSA) is 86.2 Å². The molecule has 0 aromatic heterocycles. The molecule has 1 aromatic carbocycles. The third-order valence-electron chi connectivity index (χ3n) is 2.84. The van der Waals surface area contributed by atoms with E-state index in [-0.39, 0.29) is 11.7 Å². The van der Waals surface area contributed by atoms with Gasteiger partial charge >= 0.3 is 0 Å². The zero-order valence-electron chi connectivity index (χ0n) is 10.7. The molecule has 4 N–H and O–H groups in total. The maximum Gasteiger partial charge on any atom is 0.217 e. The lowest BCUT2D eigenvalue weighted by atomic mass is 9.94. The van der Waals surface area contributed by atoms with Crippen molar-refractivity contribution in [1.82, 2.24) is 0 Å². The van der Waals surface area contributed by atoms with Gasteiger partial charge in [0, 0.05) is 5.56 Å². The summed E-state index contributed by atoms with van der Waals surface area (Å²) < 4.78 is 0. The fourth-order valence-electron chi connectivity index (χ4n) is 1.64. The summed E-state index contributed by atoms with van der Waals surface area (Å²) in [6, 6.07) is 5.90. The van der Waals surface area contributed by atoms with Gasteiger partial charge in [-0.1, -0.05) is 32.0 Å². The van der Waals surface area contributed by atoms with Gasteiger partial charge in [-0.2, -0.15) is 0 Å². The first-order valence-corrected chi connectivity index (χ1v) is 5.97. The summed E-state index contributed by atoms with van der Waals surface area (Å²) in [6.07, 6.45) is 2.10. The van der Waals surface area contributed by atoms with Crippen molar-refractivity contribution in [3.05, 3.63) is 35.4 Å². The third kappa shape index (κ3) is 3.75. The molecule has 18 heavy (non-hydrogen) atoms. The minimum Gasteiger partial charge on any atom is -0.321 e. The van der Waals surface area contributed by atoms with Gasteiger partial charge in [0.15, 0.2) is 5.78 Å². The highest BCUT2D eigenvalue weighted by atomic mass is 16.1. The zero-order valence-corrected chi connectivity index (χ0v) is 10.7. The Kier molecular flexibility index (Phi) is 5.19. The molecule has 4 nitrogen and oxygen atoms in total. The van der Waals surface area contributed by atoms with E-state index in [0.29, 0.717) is 12.0 Å². The van der Waals surface area contributed by atoms with E-state index in [1.165, 1.54) is 0 Å². The van der Waals surface area contributed by atoms with E-state index in [2.05, 4.69) is 0 Å². The Labute approximate surface area is 107 Å². The average molecular weight is 247 g/mol. The molecule has 0 amide bonds. The Morgan fingerprint density at radius 3 is 2.56 bits per heavy atom. The summed E-state index contributed by atoms with van der Waals surface area (Å²) >= 11 is 0. The highest BCUT2D eigenvalue weighted by molar-refractivity contribution is 6.00. The number of hydrogen-bond acceptors (Lipinski definition) is 4. The summed E-state index contributed by atoms with van der Waals surface area (Å²) in [5.41, 5.74) is 12.7. The van der Waals surface area contributed by atoms with Gasteiger partial charge in [0.25, 0.3) is 0 Å². The fourth-order valence-corrected chi connectivity index (χ4v) is 1.64. The van der Waals surface area contributed by atoms with Crippen LogP contribution in [0.5, 0.6) is 0 Å². The minimum atomic E-state index is -0.658. The molecule has 0 aliphatic carbocycles. The van der Waals surface area contributed by atoms with E-state index in [1.807, 2.05) is 19.9 Å². The lowest BCUT2D eigenvalue weighted by Crippen LogP contribution is -2.35. The molecule has 0 saturated heterocycles. The number of carbonyl (C=O) groups excluding carboxylic acids is 2. The van der Waals surface area contributed by atoms with Crippen molar-refractivity contribution in [1.29, 1.82) is 0 Å². The molecule has 0 heterocycles. The molecule has 1 radical (unpaired) electrons. The molecule has 0 saturated carbocycles. The van der Waals surface area contributed by atoms with Crippen LogP contribution < -0.4 is 11.5 Å². The first kappa shape index (κ1) is 14.5. The Hall–Kier alpha value is -1.52. The molecule has 0 spiro atoms. The molecule has 2 atom stereocenters. The van der Waals surface area contributed by atoms with Gasteiger partial charge in [-0.25, -0.2) is 0 Å². The van der Waals surface area contributed by atoms with Crippen molar-refractivity contribution in [2.24, 2.45) is 17.4 Å². The van der Waals surface area contributed by atoms with Crippen molar-refractivity contribution in [3.63, 3.8) is 0 Å². The minimum absolute atomic E-state index is 0.0875. The van der Waals surface area contributed by atoms with Crippen LogP contribution in [0.1, 0.15) is 29.8 Å². The van der Waals surface area contributed by atoms with E-state index in [0.717, 1.165) is 5.56 Å². The zero-order chi connectivity index (χ0) is 13.7. The van der Waals surface area contributed by atoms with Gasteiger partial charge in [0.05, 0.1) is 12.1 Å². The van der Waals surface area contributed by atoms with Crippen LogP contribution in [-0.4, -0.2) is 24.2 Å². The summed E-state index contributed by atoms with van der Waals surface area (Å²) in [6.45, 7) is 3.81. The van der Waals surface area contributed by atoms with Gasteiger partial charge in [-0.15, -0.1) is 0 Å². The average Bonchev–Trinajstić information content (AvgIpc) is 2.37. The number of carbonyl (C=O) groups is 1. The van der Waals surface area contributed by atoms with E-state index in [4.69, 9.17) is 11.5 Å². The predicted octanol–water partition coefficient (Wildman–Crippen LogP) is 0.832. The van der Waals surface area contributed by atoms with E-state index in [9.17, 15) is 9.59 Å². The van der Waals surface area contributed by atoms with E-state index < -0.39 is 12.1 Å². The molecule has 0 unspecified atom stereocenters. The standard InChI is InChI=1S/C14H19N2O2/c1-9(2)13(16)14(18)11-5-3-4-10(6-11)7-12(15)8-17/h3-6,9,12-13H,7,15-16H2,1-2H3/t12-,13-/m0/s1. The van der Waals surface area contributed by atoms with Crippen LogP contribution >= 0.6 is 0 Å². The third-order valence-corrected chi connectivity index (χ3v) is 2.84. The number of hydrogen-bond donors (Lipinski definition) is 2. The van der Waals surface area contributed by atoms with Gasteiger partial charge in [-0.05, 0) is 24.0 Å². The van der Waals surface area contributed by atoms with Gasteiger partial charge in [-0.3, -0.25) is 9.59 Å². The van der Waals surface area contributed by atoms with Crippen LogP contribution in [0.3, 0.4) is 0 Å². The van der Waals surface area contributed by atoms with E-state index >= 15 is 0 Å². The Morgan fingerprint density at radius 2 is 2.00 bits per heavy atom. The molecule has 0 bridgehead atoms. The van der Waals surface area contributed by atoms with Crippen LogP contribution in [0, 0.1) is 5.92 Å². The molecule has 1 aromatic rings. The van der Waals surface area contributed by atoms with Crippen molar-refractivity contribution in [2.75, 3.05) is 0 Å². The number of benzene rings is 1. The molecule has 0 aliphatic rings. The molecular formula is C14H19N2O2. The summed E-state index contributed by atoms with van der Waals surface area (Å²) in [5, 5.41) is 0. The van der Waals surface area contributed by atoms with Crippen LogP contribution in [0.15, 0.2) is 24.3 Å². The van der Waals surface area contributed by atoms with Gasteiger partial charge in [0.2, 0.25) is 6.29 Å². The molecule has 0 fully saturated rings. The predicted molar refractivity (Wildman–Crippen MR) is 71.0 cm³/mol. The second kappa shape index (κ2) is 6.42. The first-order chi connectivity index (χ1) is 8.45. The molecule has 1 rings (SSSR count). The molecular weight excluding hydrogens is 228 g/mol. The lowest BCUT2D eigenvalue weighted by Gasteiger charge is -2.14. The largest absolute Gasteiger partial charge is 0.321 e. The highest BCUT2D eigenvalue weighted by Gasteiger charge is 2.19. The quantitative estimate of drug-likeness (QED) is 0.729. The monoisotopic (exact) mass is 247 g/mol. The maximum atomic E-state index is 12.1. The van der Waals surface area contributed by atoms with Crippen LogP contribution in [0.2, 0.25) is 0 Å². The Morgan fingerprint density at radius 1 is 1.33 bits per heavy atom. The van der Waals surface area contributed by atoms with Crippen LogP contribution in [0.4, 0.5) is 0 Å². The molecule has 0 aliphatic heterocycles. The number of Topliss-reactive ketones (excluding diaryl/α,β-unsaturated/α-hetero) is 1. The SMILES string of the molecule is CC(C)[C@H](N)C(=O)c1cccc(C[C@H](N)[C]=O)c1. The summed E-state index contributed by atoms with van der Waals surface area (Å²) in [4.78, 5) is 22.4. The van der Waals surface area contributed by atoms with Crippen molar-refractivity contribution >= 4 is 12.1 Å². The van der Waals surface area contributed by atoms with Gasteiger partial charge < -0.3 is 11.5 Å². The summed E-state index contributed by atoms with van der Waals surface area (Å²) in [7, 11) is 0. The van der Waals surface area contributed by atoms with Crippen molar-refractivity contribution in [2.45, 2.75) is 32.4 Å². The number of rotatable bonds is 6. The fraction of sp³-hybridized carbons (Fsp3) is 0.429. The van der Waals surface area contributed by atoms with Crippen molar-refractivity contribution in [3.8, 4) is 0 Å². The van der Waals surface area contributed by atoms with Crippen LogP contribution in [0.25, 0.3) is 0 Å². The van der Waals surface area contributed by atoms with E-state index in [1.54, 1.807) is 24.5 Å². The molecule has 4 heteroatoms. The second-order valence-electron chi connectivity index (χ2n) is 4.76. The number of ketones is 1. The normalized spacial score (nSPS) is 14.3. The molecule has 97 valence electrons. The Balaban J connectivity index is 2.88. The second-order valence-corrected chi connectivity index (χ2v) is 4.76. The smallest absolute Gasteiger partial charge is 0.217 e. The maximum absolute atomic E-state index is 12.1.